The molecule has 0 saturated heterocycles. The predicted molar refractivity (Wildman–Crippen MR) is 79.7 cm³/mol. The van der Waals surface area contributed by atoms with Crippen molar-refractivity contribution in [2.45, 2.75) is 20.3 Å². The highest BCUT2D eigenvalue weighted by atomic mass is 16.4. The third-order valence-corrected chi connectivity index (χ3v) is 3.22. The number of carboxylic acids is 1. The van der Waals surface area contributed by atoms with Gasteiger partial charge in [0.2, 0.25) is 0 Å². The van der Waals surface area contributed by atoms with Crippen LogP contribution in [-0.2, 0) is 6.42 Å². The van der Waals surface area contributed by atoms with E-state index in [1.807, 2.05) is 32.0 Å². The Labute approximate surface area is 122 Å². The number of anilines is 1. The fraction of sp³-hybridized carbons (Fsp3) is 0.188. The highest BCUT2D eigenvalue weighted by Crippen LogP contribution is 2.21. The van der Waals surface area contributed by atoms with Crippen molar-refractivity contribution in [3.63, 3.8) is 0 Å². The van der Waals surface area contributed by atoms with Gasteiger partial charge in [0.15, 0.2) is 0 Å². The molecular weight excluding hydrogens is 268 g/mol. The number of carboxylic acid groups (broad SMARTS) is 1. The molecule has 2 N–H and O–H groups in total. The first-order valence-electron chi connectivity index (χ1n) is 6.62. The van der Waals surface area contributed by atoms with E-state index >= 15 is 0 Å². The number of aryl methyl sites for hydroxylation is 2. The van der Waals surface area contributed by atoms with Crippen LogP contribution in [0.3, 0.4) is 0 Å². The summed E-state index contributed by atoms with van der Waals surface area (Å²) in [5.41, 5.74) is 3.05. The lowest BCUT2D eigenvalue weighted by Crippen LogP contribution is -2.16. The van der Waals surface area contributed by atoms with Gasteiger partial charge in [0, 0.05) is 11.9 Å². The number of hydrogen-bond acceptors (Lipinski definition) is 3. The summed E-state index contributed by atoms with van der Waals surface area (Å²) >= 11 is 0. The summed E-state index contributed by atoms with van der Waals surface area (Å²) in [6, 6.07) is 8.61. The molecule has 1 amide bonds. The fourth-order valence-electron chi connectivity index (χ4n) is 2.03. The van der Waals surface area contributed by atoms with Crippen LogP contribution in [-0.4, -0.2) is 22.0 Å². The Morgan fingerprint density at radius 2 is 2.00 bits per heavy atom. The largest absolute Gasteiger partial charge is 0.478 e. The summed E-state index contributed by atoms with van der Waals surface area (Å²) in [4.78, 5) is 26.8. The lowest BCUT2D eigenvalue weighted by atomic mass is 10.1. The molecule has 0 bridgehead atoms. The Kier molecular flexibility index (Phi) is 4.33. The van der Waals surface area contributed by atoms with Gasteiger partial charge in [-0.25, -0.2) is 4.79 Å². The van der Waals surface area contributed by atoms with Crippen LogP contribution in [0, 0.1) is 6.92 Å². The van der Waals surface area contributed by atoms with E-state index in [2.05, 4.69) is 10.3 Å². The maximum absolute atomic E-state index is 12.2. The number of rotatable bonds is 4. The molecule has 1 aromatic heterocycles. The Balaban J connectivity index is 2.24. The van der Waals surface area contributed by atoms with Crippen molar-refractivity contribution in [2.24, 2.45) is 0 Å². The molecule has 1 heterocycles. The molecule has 0 radical (unpaired) electrons. The smallest absolute Gasteiger partial charge is 0.337 e. The van der Waals surface area contributed by atoms with Gasteiger partial charge >= 0.3 is 5.97 Å². The van der Waals surface area contributed by atoms with E-state index in [4.69, 9.17) is 5.11 Å². The normalized spacial score (nSPS) is 10.2. The molecule has 2 aromatic rings. The second-order valence-electron chi connectivity index (χ2n) is 4.65. The molecule has 21 heavy (non-hydrogen) atoms. The maximum atomic E-state index is 12.2. The molecule has 0 atom stereocenters. The molecular formula is C16H16N2O3. The lowest BCUT2D eigenvalue weighted by molar-refractivity contribution is 0.0696. The van der Waals surface area contributed by atoms with Crippen molar-refractivity contribution >= 4 is 17.6 Å². The van der Waals surface area contributed by atoms with E-state index in [-0.39, 0.29) is 17.2 Å². The topological polar surface area (TPSA) is 79.3 Å². The number of aromatic nitrogens is 1. The molecule has 5 nitrogen and oxygen atoms in total. The molecule has 0 aliphatic carbocycles. The number of para-hydroxylation sites is 1. The monoisotopic (exact) mass is 284 g/mol. The lowest BCUT2D eigenvalue weighted by Gasteiger charge is -2.12. The number of aromatic carboxylic acids is 1. The van der Waals surface area contributed by atoms with Gasteiger partial charge in [0.1, 0.15) is 5.69 Å². The molecule has 0 unspecified atom stereocenters. The first kappa shape index (κ1) is 14.7. The quantitative estimate of drug-likeness (QED) is 0.904. The Morgan fingerprint density at radius 1 is 1.24 bits per heavy atom. The number of nitrogens with zero attached hydrogens (tertiary/aromatic N) is 1. The summed E-state index contributed by atoms with van der Waals surface area (Å²) in [7, 11) is 0. The minimum Gasteiger partial charge on any atom is -0.478 e. The standard InChI is InChI=1S/C16H16N2O3/c1-3-11-6-4-5-10(2)14(11)18-15(19)13-8-7-12(9-17-13)16(20)21/h4-9H,3H2,1-2H3,(H,18,19)(H,20,21). The number of amides is 1. The van der Waals surface area contributed by atoms with E-state index in [9.17, 15) is 9.59 Å². The van der Waals surface area contributed by atoms with Crippen LogP contribution in [0.2, 0.25) is 0 Å². The molecule has 0 aliphatic heterocycles. The molecule has 1 aromatic carbocycles. The third kappa shape index (κ3) is 3.25. The van der Waals surface area contributed by atoms with Crippen molar-refractivity contribution in [2.75, 3.05) is 5.32 Å². The SMILES string of the molecule is CCc1cccc(C)c1NC(=O)c1ccc(C(=O)O)cn1. The fourth-order valence-corrected chi connectivity index (χ4v) is 2.03. The van der Waals surface area contributed by atoms with Crippen molar-refractivity contribution in [3.05, 3.63) is 58.9 Å². The molecule has 0 aliphatic rings. The van der Waals surface area contributed by atoms with E-state index in [0.29, 0.717) is 0 Å². The van der Waals surface area contributed by atoms with Gasteiger partial charge in [-0.2, -0.15) is 0 Å². The summed E-state index contributed by atoms with van der Waals surface area (Å²) < 4.78 is 0. The molecule has 0 fully saturated rings. The zero-order chi connectivity index (χ0) is 15.4. The number of carbonyl (C=O) groups is 2. The highest BCUT2D eigenvalue weighted by Gasteiger charge is 2.12. The number of nitrogens with one attached hydrogen (secondary N) is 1. The molecule has 5 heteroatoms. The van der Waals surface area contributed by atoms with Crippen LogP contribution in [0.25, 0.3) is 0 Å². The van der Waals surface area contributed by atoms with Gasteiger partial charge in [-0.05, 0) is 36.6 Å². The third-order valence-electron chi connectivity index (χ3n) is 3.22. The average Bonchev–Trinajstić information content (AvgIpc) is 2.49. The van der Waals surface area contributed by atoms with Gasteiger partial charge in [-0.1, -0.05) is 25.1 Å². The Hall–Kier alpha value is -2.69. The van der Waals surface area contributed by atoms with E-state index in [1.54, 1.807) is 0 Å². The first-order chi connectivity index (χ1) is 10.0. The number of benzene rings is 1. The number of hydrogen-bond donors (Lipinski definition) is 2. The number of carbonyl (C=O) groups excluding carboxylic acids is 1. The summed E-state index contributed by atoms with van der Waals surface area (Å²) in [5, 5.41) is 11.7. The summed E-state index contributed by atoms with van der Waals surface area (Å²) in [5.74, 6) is -1.42. The van der Waals surface area contributed by atoms with Gasteiger partial charge in [-0.3, -0.25) is 9.78 Å². The van der Waals surface area contributed by atoms with Gasteiger partial charge in [0.05, 0.1) is 5.56 Å². The van der Waals surface area contributed by atoms with Gasteiger partial charge in [0.25, 0.3) is 5.91 Å². The van der Waals surface area contributed by atoms with Crippen LogP contribution in [0.15, 0.2) is 36.5 Å². The van der Waals surface area contributed by atoms with Crippen LogP contribution < -0.4 is 5.32 Å². The van der Waals surface area contributed by atoms with Crippen molar-refractivity contribution in [1.82, 2.24) is 4.98 Å². The minimum absolute atomic E-state index is 0.0525. The second-order valence-corrected chi connectivity index (χ2v) is 4.65. The Bertz CT molecular complexity index is 678. The van der Waals surface area contributed by atoms with Crippen LogP contribution in [0.4, 0.5) is 5.69 Å². The second kappa shape index (κ2) is 6.17. The number of pyridine rings is 1. The molecule has 0 saturated carbocycles. The van der Waals surface area contributed by atoms with E-state index in [1.165, 1.54) is 18.3 Å². The Morgan fingerprint density at radius 3 is 2.57 bits per heavy atom. The van der Waals surface area contributed by atoms with Crippen molar-refractivity contribution in [1.29, 1.82) is 0 Å². The zero-order valence-corrected chi connectivity index (χ0v) is 11.9. The summed E-state index contributed by atoms with van der Waals surface area (Å²) in [6.45, 7) is 3.94. The van der Waals surface area contributed by atoms with Crippen LogP contribution >= 0.6 is 0 Å². The maximum Gasteiger partial charge on any atom is 0.337 e. The average molecular weight is 284 g/mol. The van der Waals surface area contributed by atoms with E-state index in [0.717, 1.165) is 23.2 Å². The predicted octanol–water partition coefficient (Wildman–Crippen LogP) is 2.90. The minimum atomic E-state index is -1.07. The highest BCUT2D eigenvalue weighted by molar-refractivity contribution is 6.04. The van der Waals surface area contributed by atoms with Gasteiger partial charge < -0.3 is 10.4 Å². The summed E-state index contributed by atoms with van der Waals surface area (Å²) in [6.07, 6.45) is 1.98. The van der Waals surface area contributed by atoms with Crippen LogP contribution in [0.5, 0.6) is 0 Å². The van der Waals surface area contributed by atoms with Crippen LogP contribution in [0.1, 0.15) is 38.9 Å². The molecule has 108 valence electrons. The van der Waals surface area contributed by atoms with Gasteiger partial charge in [-0.15, -0.1) is 0 Å². The zero-order valence-electron chi connectivity index (χ0n) is 11.9. The van der Waals surface area contributed by atoms with E-state index < -0.39 is 5.97 Å². The van der Waals surface area contributed by atoms with Crippen molar-refractivity contribution in [3.8, 4) is 0 Å². The molecule has 0 spiro atoms. The first-order valence-corrected chi connectivity index (χ1v) is 6.62. The molecule has 2 rings (SSSR count). The van der Waals surface area contributed by atoms with Crippen molar-refractivity contribution < 1.29 is 14.7 Å².